The summed E-state index contributed by atoms with van der Waals surface area (Å²) in [6.07, 6.45) is 0. The van der Waals surface area contributed by atoms with Crippen LogP contribution in [0.4, 0.5) is 5.69 Å². The third-order valence-electron chi connectivity index (χ3n) is 3.15. The Bertz CT molecular complexity index is 610. The van der Waals surface area contributed by atoms with Crippen molar-refractivity contribution in [2.24, 2.45) is 0 Å². The lowest BCUT2D eigenvalue weighted by Crippen LogP contribution is -2.08. The van der Waals surface area contributed by atoms with Gasteiger partial charge in [-0.2, -0.15) is 0 Å². The summed E-state index contributed by atoms with van der Waals surface area (Å²) in [5.74, 6) is -0.289. The van der Waals surface area contributed by atoms with Gasteiger partial charge in [0, 0.05) is 16.2 Å². The molecule has 3 nitrogen and oxygen atoms in total. The third-order valence-corrected chi connectivity index (χ3v) is 3.87. The molecule has 0 bridgehead atoms. The smallest absolute Gasteiger partial charge is 0.338 e. The van der Waals surface area contributed by atoms with Gasteiger partial charge in [-0.25, -0.2) is 4.79 Å². The van der Waals surface area contributed by atoms with Gasteiger partial charge in [0.1, 0.15) is 0 Å². The van der Waals surface area contributed by atoms with Crippen LogP contribution >= 0.6 is 15.9 Å². The zero-order valence-electron chi connectivity index (χ0n) is 12.1. The summed E-state index contributed by atoms with van der Waals surface area (Å²) >= 11 is 3.56. The first-order valence-electron chi connectivity index (χ1n) is 6.90. The Hall–Kier alpha value is -1.81. The number of ether oxygens (including phenoxy) is 1. The Morgan fingerprint density at radius 3 is 2.48 bits per heavy atom. The lowest BCUT2D eigenvalue weighted by atomic mass is 10.1. The van der Waals surface area contributed by atoms with E-state index in [0.717, 1.165) is 10.2 Å². The van der Waals surface area contributed by atoms with E-state index in [0.29, 0.717) is 12.2 Å². The van der Waals surface area contributed by atoms with Crippen LogP contribution in [0.5, 0.6) is 0 Å². The second-order valence-electron chi connectivity index (χ2n) is 4.69. The van der Waals surface area contributed by atoms with E-state index in [1.807, 2.05) is 30.3 Å². The summed E-state index contributed by atoms with van der Waals surface area (Å²) < 4.78 is 6.05. The van der Waals surface area contributed by atoms with Crippen molar-refractivity contribution < 1.29 is 9.53 Å². The van der Waals surface area contributed by atoms with Crippen molar-refractivity contribution in [3.05, 3.63) is 64.1 Å². The van der Waals surface area contributed by atoms with Gasteiger partial charge in [-0.3, -0.25) is 0 Å². The van der Waals surface area contributed by atoms with Crippen molar-refractivity contribution in [1.82, 2.24) is 0 Å². The average Bonchev–Trinajstić information content (AvgIpc) is 2.48. The molecule has 0 spiro atoms. The van der Waals surface area contributed by atoms with E-state index in [1.165, 1.54) is 5.56 Å². The molecule has 2 aromatic carbocycles. The van der Waals surface area contributed by atoms with Crippen LogP contribution in [0.3, 0.4) is 0 Å². The minimum atomic E-state index is -0.289. The first kappa shape index (κ1) is 15.6. The van der Waals surface area contributed by atoms with Gasteiger partial charge in [0.15, 0.2) is 0 Å². The molecular formula is C17H18BrNO2. The fourth-order valence-electron chi connectivity index (χ4n) is 2.07. The van der Waals surface area contributed by atoms with Gasteiger partial charge in [-0.1, -0.05) is 34.1 Å². The maximum atomic E-state index is 11.6. The van der Waals surface area contributed by atoms with Gasteiger partial charge in [0.05, 0.1) is 12.2 Å². The van der Waals surface area contributed by atoms with Crippen molar-refractivity contribution >= 4 is 27.6 Å². The van der Waals surface area contributed by atoms with E-state index in [9.17, 15) is 4.79 Å². The van der Waals surface area contributed by atoms with Crippen LogP contribution in [0, 0.1) is 0 Å². The molecule has 0 aromatic heterocycles. The standard InChI is InChI=1S/C17H18BrNO2/c1-3-21-17(20)13-8-10-14(11-9-13)19-12(2)15-6-4-5-7-16(15)18/h4-12,19H,3H2,1-2H3/t12-/m0/s1. The Morgan fingerprint density at radius 1 is 1.19 bits per heavy atom. The fraction of sp³-hybridized carbons (Fsp3) is 0.235. The number of hydrogen-bond donors (Lipinski definition) is 1. The van der Waals surface area contributed by atoms with Crippen LogP contribution in [0.2, 0.25) is 0 Å². The highest BCUT2D eigenvalue weighted by Gasteiger charge is 2.10. The molecule has 2 rings (SSSR count). The third kappa shape index (κ3) is 4.08. The molecule has 1 atom stereocenters. The second-order valence-corrected chi connectivity index (χ2v) is 5.54. The normalized spacial score (nSPS) is 11.8. The molecule has 0 aliphatic heterocycles. The SMILES string of the molecule is CCOC(=O)c1ccc(N[C@@H](C)c2ccccc2Br)cc1. The van der Waals surface area contributed by atoms with E-state index < -0.39 is 0 Å². The summed E-state index contributed by atoms with van der Waals surface area (Å²) in [6, 6.07) is 15.6. The molecule has 0 radical (unpaired) electrons. The number of carbonyl (C=O) groups excluding carboxylic acids is 1. The average molecular weight is 348 g/mol. The lowest BCUT2D eigenvalue weighted by molar-refractivity contribution is 0.0526. The molecule has 110 valence electrons. The topological polar surface area (TPSA) is 38.3 Å². The van der Waals surface area contributed by atoms with Gasteiger partial charge in [-0.15, -0.1) is 0 Å². The van der Waals surface area contributed by atoms with Crippen LogP contribution in [0.25, 0.3) is 0 Å². The molecule has 4 heteroatoms. The van der Waals surface area contributed by atoms with E-state index in [-0.39, 0.29) is 12.0 Å². The highest BCUT2D eigenvalue weighted by atomic mass is 79.9. The van der Waals surface area contributed by atoms with Gasteiger partial charge >= 0.3 is 5.97 Å². The molecule has 21 heavy (non-hydrogen) atoms. The molecule has 0 amide bonds. The Balaban J connectivity index is 2.07. The number of carbonyl (C=O) groups is 1. The maximum absolute atomic E-state index is 11.6. The van der Waals surface area contributed by atoms with E-state index in [1.54, 1.807) is 19.1 Å². The summed E-state index contributed by atoms with van der Waals surface area (Å²) in [5, 5.41) is 3.42. The minimum Gasteiger partial charge on any atom is -0.462 e. The van der Waals surface area contributed by atoms with E-state index >= 15 is 0 Å². The number of anilines is 1. The Labute approximate surface area is 133 Å². The van der Waals surface area contributed by atoms with Gasteiger partial charge in [0.25, 0.3) is 0 Å². The van der Waals surface area contributed by atoms with Gasteiger partial charge < -0.3 is 10.1 Å². The molecular weight excluding hydrogens is 330 g/mol. The Morgan fingerprint density at radius 2 is 1.86 bits per heavy atom. The number of benzene rings is 2. The molecule has 0 unspecified atom stereocenters. The number of rotatable bonds is 5. The highest BCUT2D eigenvalue weighted by Crippen LogP contribution is 2.26. The van der Waals surface area contributed by atoms with Crippen LogP contribution < -0.4 is 5.32 Å². The van der Waals surface area contributed by atoms with E-state index in [2.05, 4.69) is 34.2 Å². The number of hydrogen-bond acceptors (Lipinski definition) is 3. The van der Waals surface area contributed by atoms with Crippen molar-refractivity contribution in [1.29, 1.82) is 0 Å². The zero-order valence-corrected chi connectivity index (χ0v) is 13.7. The number of nitrogens with one attached hydrogen (secondary N) is 1. The molecule has 0 saturated carbocycles. The molecule has 0 saturated heterocycles. The second kappa shape index (κ2) is 7.27. The van der Waals surface area contributed by atoms with Crippen molar-refractivity contribution in [3.8, 4) is 0 Å². The number of halogens is 1. The summed E-state index contributed by atoms with van der Waals surface area (Å²) in [5.41, 5.74) is 2.72. The van der Waals surface area contributed by atoms with Gasteiger partial charge in [0.2, 0.25) is 0 Å². The lowest BCUT2D eigenvalue weighted by Gasteiger charge is -2.17. The summed E-state index contributed by atoms with van der Waals surface area (Å²) in [6.45, 7) is 4.28. The molecule has 2 aromatic rings. The van der Waals surface area contributed by atoms with Crippen molar-refractivity contribution in [2.45, 2.75) is 19.9 Å². The molecule has 0 heterocycles. The Kier molecular flexibility index (Phi) is 5.39. The zero-order chi connectivity index (χ0) is 15.2. The monoisotopic (exact) mass is 347 g/mol. The first-order valence-corrected chi connectivity index (χ1v) is 7.69. The van der Waals surface area contributed by atoms with E-state index in [4.69, 9.17) is 4.74 Å². The van der Waals surface area contributed by atoms with Crippen molar-refractivity contribution in [3.63, 3.8) is 0 Å². The quantitative estimate of drug-likeness (QED) is 0.789. The summed E-state index contributed by atoms with van der Waals surface area (Å²) in [7, 11) is 0. The molecule has 0 fully saturated rings. The predicted molar refractivity (Wildman–Crippen MR) is 88.6 cm³/mol. The first-order chi connectivity index (χ1) is 10.1. The van der Waals surface area contributed by atoms with Crippen LogP contribution in [-0.4, -0.2) is 12.6 Å². The predicted octanol–water partition coefficient (Wildman–Crippen LogP) is 4.80. The molecule has 0 aliphatic rings. The fourth-order valence-corrected chi connectivity index (χ4v) is 2.70. The van der Waals surface area contributed by atoms with Crippen LogP contribution in [-0.2, 0) is 4.74 Å². The maximum Gasteiger partial charge on any atom is 0.338 e. The van der Waals surface area contributed by atoms with Crippen LogP contribution in [0.15, 0.2) is 53.0 Å². The van der Waals surface area contributed by atoms with Crippen molar-refractivity contribution in [2.75, 3.05) is 11.9 Å². The largest absolute Gasteiger partial charge is 0.462 e. The number of esters is 1. The molecule has 0 aliphatic carbocycles. The van der Waals surface area contributed by atoms with Gasteiger partial charge in [-0.05, 0) is 49.7 Å². The molecule has 1 N–H and O–H groups in total. The van der Waals surface area contributed by atoms with Crippen LogP contribution in [0.1, 0.15) is 35.8 Å². The highest BCUT2D eigenvalue weighted by molar-refractivity contribution is 9.10. The summed E-state index contributed by atoms with van der Waals surface area (Å²) in [4.78, 5) is 11.6. The minimum absolute atomic E-state index is 0.161.